The van der Waals surface area contributed by atoms with Gasteiger partial charge in [0.15, 0.2) is 5.96 Å². The van der Waals surface area contributed by atoms with Crippen molar-refractivity contribution < 1.29 is 4.79 Å². The Labute approximate surface area is 66.7 Å². The molecule has 0 rings (SSSR count). The van der Waals surface area contributed by atoms with Crippen LogP contribution in [-0.2, 0) is 4.79 Å². The number of nitrogens with zero attached hydrogens (tertiary/aromatic N) is 1. The first-order valence-electron chi connectivity index (χ1n) is 3.65. The van der Waals surface area contributed by atoms with Crippen molar-refractivity contribution in [1.82, 2.24) is 0 Å². The summed E-state index contributed by atoms with van der Waals surface area (Å²) >= 11 is 0. The Balaban J connectivity index is 3.63. The summed E-state index contributed by atoms with van der Waals surface area (Å²) in [6, 6.07) is 0. The first-order valence-corrected chi connectivity index (χ1v) is 3.65. The number of rotatable bonds is 3. The lowest BCUT2D eigenvalue weighted by Crippen LogP contribution is -2.24. The van der Waals surface area contributed by atoms with Crippen LogP contribution < -0.4 is 11.5 Å². The molecule has 0 unspecified atom stereocenters. The van der Waals surface area contributed by atoms with E-state index < -0.39 is 0 Å². The summed E-state index contributed by atoms with van der Waals surface area (Å²) in [7, 11) is 0. The zero-order chi connectivity index (χ0) is 8.85. The van der Waals surface area contributed by atoms with E-state index in [0.29, 0.717) is 12.3 Å². The van der Waals surface area contributed by atoms with Gasteiger partial charge in [-0.25, -0.2) is 0 Å². The fourth-order valence-corrected chi connectivity index (χ4v) is 0.612. The highest BCUT2D eigenvalue weighted by Crippen LogP contribution is 2.03. The van der Waals surface area contributed by atoms with Crippen molar-refractivity contribution in [2.75, 3.05) is 0 Å². The molecule has 4 nitrogen and oxygen atoms in total. The summed E-state index contributed by atoms with van der Waals surface area (Å²) in [5.74, 6) is 0.116. The third kappa shape index (κ3) is 6.83. The summed E-state index contributed by atoms with van der Waals surface area (Å²) in [5, 5.41) is 0. The molecular formula is C7H15N3O. The predicted molar refractivity (Wildman–Crippen MR) is 44.9 cm³/mol. The average Bonchev–Trinajstić information content (AvgIpc) is 1.82. The zero-order valence-electron chi connectivity index (χ0n) is 7.00. The normalized spacial score (nSPS) is 9.73. The third-order valence-corrected chi connectivity index (χ3v) is 1.19. The molecule has 0 aromatic rings. The lowest BCUT2D eigenvalue weighted by molar-refractivity contribution is -0.118. The summed E-state index contributed by atoms with van der Waals surface area (Å²) in [6.45, 7) is 4.09. The molecule has 1 amide bonds. The van der Waals surface area contributed by atoms with Crippen LogP contribution in [0.1, 0.15) is 26.7 Å². The Bertz CT molecular complexity index is 159. The second-order valence-corrected chi connectivity index (χ2v) is 2.86. The number of amides is 1. The van der Waals surface area contributed by atoms with E-state index in [1.165, 1.54) is 0 Å². The largest absolute Gasteiger partial charge is 0.370 e. The van der Waals surface area contributed by atoms with Crippen LogP contribution in [0.4, 0.5) is 0 Å². The minimum Gasteiger partial charge on any atom is -0.370 e. The van der Waals surface area contributed by atoms with Crippen molar-refractivity contribution in [3.8, 4) is 0 Å². The van der Waals surface area contributed by atoms with Crippen molar-refractivity contribution in [3.05, 3.63) is 0 Å². The highest BCUT2D eigenvalue weighted by molar-refractivity contribution is 5.91. The third-order valence-electron chi connectivity index (χ3n) is 1.19. The van der Waals surface area contributed by atoms with E-state index in [0.717, 1.165) is 6.42 Å². The van der Waals surface area contributed by atoms with Gasteiger partial charge in [-0.05, 0) is 12.3 Å². The van der Waals surface area contributed by atoms with Crippen molar-refractivity contribution >= 4 is 11.9 Å². The van der Waals surface area contributed by atoms with E-state index in [1.807, 2.05) is 13.8 Å². The molecule has 0 aliphatic heterocycles. The van der Waals surface area contributed by atoms with Crippen molar-refractivity contribution in [2.24, 2.45) is 22.4 Å². The molecule has 0 aliphatic carbocycles. The Kier molecular flexibility index (Phi) is 4.26. The van der Waals surface area contributed by atoms with Crippen molar-refractivity contribution in [2.45, 2.75) is 26.7 Å². The fourth-order valence-electron chi connectivity index (χ4n) is 0.612. The second-order valence-electron chi connectivity index (χ2n) is 2.86. The van der Waals surface area contributed by atoms with Gasteiger partial charge in [0.1, 0.15) is 0 Å². The van der Waals surface area contributed by atoms with Crippen molar-refractivity contribution in [3.63, 3.8) is 0 Å². The maximum Gasteiger partial charge on any atom is 0.248 e. The molecular weight excluding hydrogens is 142 g/mol. The standard InChI is InChI=1S/C7H15N3O/c1-5(2)3-4-6(11)10-7(8)9/h5H,3-4H2,1-2H3,(H4,8,9,10,11). The molecule has 0 radical (unpaired) electrons. The van der Waals surface area contributed by atoms with E-state index in [2.05, 4.69) is 4.99 Å². The summed E-state index contributed by atoms with van der Waals surface area (Å²) in [6.07, 6.45) is 1.26. The monoisotopic (exact) mass is 157 g/mol. The number of nitrogens with two attached hydrogens (primary N) is 2. The molecule has 4 N–H and O–H groups in total. The van der Waals surface area contributed by atoms with Gasteiger partial charge < -0.3 is 11.5 Å². The highest BCUT2D eigenvalue weighted by Gasteiger charge is 2.01. The van der Waals surface area contributed by atoms with Crippen LogP contribution in [0.25, 0.3) is 0 Å². The molecule has 0 heterocycles. The lowest BCUT2D eigenvalue weighted by Gasteiger charge is -1.99. The first kappa shape index (κ1) is 9.94. The van der Waals surface area contributed by atoms with E-state index in [4.69, 9.17) is 11.5 Å². The molecule has 64 valence electrons. The van der Waals surface area contributed by atoms with Gasteiger partial charge in [0.25, 0.3) is 0 Å². The number of hydrogen-bond donors (Lipinski definition) is 2. The molecule has 0 fully saturated rings. The zero-order valence-corrected chi connectivity index (χ0v) is 7.00. The smallest absolute Gasteiger partial charge is 0.248 e. The van der Waals surface area contributed by atoms with Crippen LogP contribution in [0.2, 0.25) is 0 Å². The number of carbonyl (C=O) groups is 1. The second kappa shape index (κ2) is 4.71. The predicted octanol–water partition coefficient (Wildman–Crippen LogP) is 0.223. The number of carbonyl (C=O) groups excluding carboxylic acids is 1. The topological polar surface area (TPSA) is 81.5 Å². The van der Waals surface area contributed by atoms with Crippen LogP contribution in [0.5, 0.6) is 0 Å². The van der Waals surface area contributed by atoms with Gasteiger partial charge in [0, 0.05) is 6.42 Å². The van der Waals surface area contributed by atoms with Gasteiger partial charge in [-0.3, -0.25) is 4.79 Å². The molecule has 11 heavy (non-hydrogen) atoms. The molecule has 0 spiro atoms. The molecule has 0 aliphatic rings. The van der Waals surface area contributed by atoms with Crippen molar-refractivity contribution in [1.29, 1.82) is 0 Å². The van der Waals surface area contributed by atoms with Crippen LogP contribution in [0, 0.1) is 5.92 Å². The SMILES string of the molecule is CC(C)CCC(=O)N=C(N)N. The van der Waals surface area contributed by atoms with E-state index in [9.17, 15) is 4.79 Å². The molecule has 0 saturated heterocycles. The van der Waals surface area contributed by atoms with Gasteiger partial charge in [-0.2, -0.15) is 4.99 Å². The van der Waals surface area contributed by atoms with Gasteiger partial charge in [0.2, 0.25) is 5.91 Å². The summed E-state index contributed by atoms with van der Waals surface area (Å²) in [5.41, 5.74) is 10.0. The van der Waals surface area contributed by atoms with Crippen LogP contribution in [-0.4, -0.2) is 11.9 Å². The average molecular weight is 157 g/mol. The lowest BCUT2D eigenvalue weighted by atomic mass is 10.1. The summed E-state index contributed by atoms with van der Waals surface area (Å²) in [4.78, 5) is 14.2. The first-order chi connectivity index (χ1) is 5.02. The quantitative estimate of drug-likeness (QED) is 0.454. The Morgan fingerprint density at radius 3 is 2.36 bits per heavy atom. The Hall–Kier alpha value is -1.06. The van der Waals surface area contributed by atoms with Crippen LogP contribution >= 0.6 is 0 Å². The fraction of sp³-hybridized carbons (Fsp3) is 0.714. The Morgan fingerprint density at radius 1 is 1.45 bits per heavy atom. The maximum atomic E-state index is 10.8. The minimum atomic E-state index is -0.237. The van der Waals surface area contributed by atoms with Gasteiger partial charge >= 0.3 is 0 Å². The van der Waals surface area contributed by atoms with Gasteiger partial charge in [-0.1, -0.05) is 13.8 Å². The summed E-state index contributed by atoms with van der Waals surface area (Å²) < 4.78 is 0. The van der Waals surface area contributed by atoms with E-state index in [1.54, 1.807) is 0 Å². The molecule has 4 heteroatoms. The van der Waals surface area contributed by atoms with Crippen LogP contribution in [0.3, 0.4) is 0 Å². The molecule has 0 aromatic heterocycles. The molecule has 0 bridgehead atoms. The Morgan fingerprint density at radius 2 is 2.00 bits per heavy atom. The maximum absolute atomic E-state index is 10.8. The molecule has 0 aromatic carbocycles. The van der Waals surface area contributed by atoms with Gasteiger partial charge in [0.05, 0.1) is 0 Å². The minimum absolute atomic E-state index is 0.154. The molecule has 0 saturated carbocycles. The van der Waals surface area contributed by atoms with E-state index in [-0.39, 0.29) is 11.9 Å². The number of aliphatic imine (C=N–C) groups is 1. The van der Waals surface area contributed by atoms with Crippen LogP contribution in [0.15, 0.2) is 4.99 Å². The van der Waals surface area contributed by atoms with Gasteiger partial charge in [-0.15, -0.1) is 0 Å². The highest BCUT2D eigenvalue weighted by atomic mass is 16.1. The number of hydrogen-bond acceptors (Lipinski definition) is 1. The molecule has 0 atom stereocenters. The van der Waals surface area contributed by atoms with E-state index >= 15 is 0 Å². The number of guanidine groups is 1.